The van der Waals surface area contributed by atoms with Crippen molar-refractivity contribution in [1.82, 2.24) is 0 Å². The molecule has 3 N–H and O–H groups in total. The van der Waals surface area contributed by atoms with E-state index in [4.69, 9.17) is 18.5 Å². The molecule has 0 aromatic carbocycles. The van der Waals surface area contributed by atoms with Crippen LogP contribution in [0.4, 0.5) is 0 Å². The summed E-state index contributed by atoms with van der Waals surface area (Å²) in [6, 6.07) is 0. The number of ether oxygens (including phenoxy) is 2. The fourth-order valence-corrected chi connectivity index (χ4v) is 6.49. The fourth-order valence-electron chi connectivity index (χ4n) is 5.70. The van der Waals surface area contributed by atoms with Crippen LogP contribution in [0.5, 0.6) is 0 Å². The standard InChI is InChI=1S/C38H75O10P/c1-3-5-7-9-11-13-14-15-16-17-18-19-20-22-24-26-28-30-38(42)48-36(32-40)34-46-49(43,44)45-33-35(31-39)47-37(41)29-27-25-23-21-12-10-8-6-4-2/h35-36,39-40H,3-34H2,1-2H3,(H,43,44). The first-order valence-corrected chi connectivity index (χ1v) is 21.5. The molecule has 10 nitrogen and oxygen atoms in total. The highest BCUT2D eigenvalue weighted by atomic mass is 31.2. The highest BCUT2D eigenvalue weighted by molar-refractivity contribution is 7.47. The Kier molecular flexibility index (Phi) is 34.6. The topological polar surface area (TPSA) is 149 Å². The first kappa shape index (κ1) is 48.0. The molecule has 292 valence electrons. The molecule has 0 aliphatic carbocycles. The third-order valence-corrected chi connectivity index (χ3v) is 9.77. The van der Waals surface area contributed by atoms with Gasteiger partial charge < -0.3 is 24.6 Å². The van der Waals surface area contributed by atoms with Gasteiger partial charge in [-0.05, 0) is 12.8 Å². The van der Waals surface area contributed by atoms with Crippen molar-refractivity contribution in [2.75, 3.05) is 26.4 Å². The number of phosphoric acid groups is 1. The Labute approximate surface area is 299 Å². The summed E-state index contributed by atoms with van der Waals surface area (Å²) in [5.74, 6) is -1.01. The van der Waals surface area contributed by atoms with Crippen LogP contribution in [0.2, 0.25) is 0 Å². The van der Waals surface area contributed by atoms with Crippen LogP contribution in [0, 0.1) is 0 Å². The first-order chi connectivity index (χ1) is 23.8. The van der Waals surface area contributed by atoms with Gasteiger partial charge in [0.05, 0.1) is 26.4 Å². The Morgan fingerprint density at radius 3 is 0.959 bits per heavy atom. The summed E-state index contributed by atoms with van der Waals surface area (Å²) in [5, 5.41) is 19.1. The molecule has 0 aromatic rings. The van der Waals surface area contributed by atoms with Crippen LogP contribution in [-0.2, 0) is 32.7 Å². The van der Waals surface area contributed by atoms with Gasteiger partial charge in [0.25, 0.3) is 0 Å². The molecule has 3 unspecified atom stereocenters. The van der Waals surface area contributed by atoms with E-state index in [1.54, 1.807) is 0 Å². The minimum Gasteiger partial charge on any atom is -0.457 e. The highest BCUT2D eigenvalue weighted by Crippen LogP contribution is 2.43. The molecule has 0 rings (SSSR count). The van der Waals surface area contributed by atoms with E-state index < -0.39 is 58.4 Å². The van der Waals surface area contributed by atoms with Crippen molar-refractivity contribution in [2.45, 2.75) is 206 Å². The van der Waals surface area contributed by atoms with E-state index in [-0.39, 0.29) is 12.8 Å². The van der Waals surface area contributed by atoms with Crippen molar-refractivity contribution < 1.29 is 47.8 Å². The third kappa shape index (κ3) is 33.9. The van der Waals surface area contributed by atoms with Gasteiger partial charge in [-0.1, -0.05) is 168 Å². The number of phosphoric ester groups is 1. The molecule has 0 fully saturated rings. The number of carbonyl (C=O) groups excluding carboxylic acids is 2. The zero-order valence-corrected chi connectivity index (χ0v) is 32.3. The van der Waals surface area contributed by atoms with Crippen LogP contribution >= 0.6 is 7.82 Å². The molecule has 0 radical (unpaired) electrons. The molecule has 0 amide bonds. The minimum atomic E-state index is -4.62. The number of aliphatic hydroxyl groups excluding tert-OH is 2. The molecule has 0 aromatic heterocycles. The van der Waals surface area contributed by atoms with Gasteiger partial charge >= 0.3 is 19.8 Å². The van der Waals surface area contributed by atoms with Crippen molar-refractivity contribution in [3.8, 4) is 0 Å². The maximum Gasteiger partial charge on any atom is 0.472 e. The lowest BCUT2D eigenvalue weighted by atomic mass is 10.0. The number of rotatable bonds is 38. The van der Waals surface area contributed by atoms with Crippen LogP contribution < -0.4 is 0 Å². The van der Waals surface area contributed by atoms with Gasteiger partial charge in [-0.15, -0.1) is 0 Å². The molecule has 0 saturated carbocycles. The molecule has 49 heavy (non-hydrogen) atoms. The van der Waals surface area contributed by atoms with E-state index in [0.717, 1.165) is 38.5 Å². The molecule has 0 spiro atoms. The first-order valence-electron chi connectivity index (χ1n) is 20.0. The number of hydrogen-bond acceptors (Lipinski definition) is 9. The predicted molar refractivity (Wildman–Crippen MR) is 196 cm³/mol. The number of carbonyl (C=O) groups is 2. The van der Waals surface area contributed by atoms with Crippen LogP contribution in [0.15, 0.2) is 0 Å². The molecule has 0 aliphatic heterocycles. The maximum absolute atomic E-state index is 12.3. The molecule has 0 saturated heterocycles. The Bertz CT molecular complexity index is 796. The average molecular weight is 723 g/mol. The minimum absolute atomic E-state index is 0.197. The summed E-state index contributed by atoms with van der Waals surface area (Å²) >= 11 is 0. The predicted octanol–water partition coefficient (Wildman–Crippen LogP) is 9.89. The number of unbranched alkanes of at least 4 members (excludes halogenated alkanes) is 24. The molecule has 11 heteroatoms. The molecule has 3 atom stereocenters. The van der Waals surface area contributed by atoms with Crippen molar-refractivity contribution in [2.24, 2.45) is 0 Å². The smallest absolute Gasteiger partial charge is 0.457 e. The number of hydrogen-bond donors (Lipinski definition) is 3. The second-order valence-electron chi connectivity index (χ2n) is 13.6. The lowest BCUT2D eigenvalue weighted by Gasteiger charge is -2.20. The molecule has 0 aliphatic rings. The van der Waals surface area contributed by atoms with Gasteiger partial charge in [0.15, 0.2) is 0 Å². The molecule has 0 heterocycles. The van der Waals surface area contributed by atoms with E-state index in [2.05, 4.69) is 13.8 Å². The lowest BCUT2D eigenvalue weighted by molar-refractivity contribution is -0.153. The fraction of sp³-hybridized carbons (Fsp3) is 0.947. The van der Waals surface area contributed by atoms with Crippen molar-refractivity contribution in [3.63, 3.8) is 0 Å². The normalized spacial score (nSPS) is 14.0. The van der Waals surface area contributed by atoms with Crippen LogP contribution in [0.25, 0.3) is 0 Å². The van der Waals surface area contributed by atoms with Gasteiger partial charge in [-0.3, -0.25) is 18.6 Å². The summed E-state index contributed by atoms with van der Waals surface area (Å²) in [6.07, 6.45) is 29.5. The zero-order chi connectivity index (χ0) is 36.3. The Morgan fingerprint density at radius 2 is 0.714 bits per heavy atom. The Hall–Kier alpha value is -1.03. The third-order valence-electron chi connectivity index (χ3n) is 8.82. The maximum atomic E-state index is 12.3. The SMILES string of the molecule is CCCCCCCCCCCCCCCCCCCC(=O)OC(CO)COP(=O)(O)OCC(CO)OC(=O)CCCCCCCCCCC. The quantitative estimate of drug-likeness (QED) is 0.0319. The average Bonchev–Trinajstić information content (AvgIpc) is 3.09. The van der Waals surface area contributed by atoms with Gasteiger partial charge in [0, 0.05) is 12.8 Å². The van der Waals surface area contributed by atoms with Crippen LogP contribution in [-0.4, -0.2) is 65.7 Å². The summed E-state index contributed by atoms with van der Waals surface area (Å²) in [4.78, 5) is 34.3. The Morgan fingerprint density at radius 1 is 0.469 bits per heavy atom. The van der Waals surface area contributed by atoms with Crippen molar-refractivity contribution in [3.05, 3.63) is 0 Å². The van der Waals surface area contributed by atoms with E-state index in [0.29, 0.717) is 12.8 Å². The second-order valence-corrected chi connectivity index (χ2v) is 15.1. The molecule has 0 bridgehead atoms. The van der Waals surface area contributed by atoms with E-state index >= 15 is 0 Å². The summed E-state index contributed by atoms with van der Waals surface area (Å²) in [5.41, 5.74) is 0. The number of aliphatic hydroxyl groups is 2. The second kappa shape index (κ2) is 35.4. The lowest BCUT2D eigenvalue weighted by Crippen LogP contribution is -2.28. The van der Waals surface area contributed by atoms with Crippen LogP contribution in [0.1, 0.15) is 194 Å². The van der Waals surface area contributed by atoms with E-state index in [1.165, 1.54) is 116 Å². The zero-order valence-electron chi connectivity index (χ0n) is 31.4. The van der Waals surface area contributed by atoms with Gasteiger partial charge in [0.1, 0.15) is 12.2 Å². The van der Waals surface area contributed by atoms with Crippen LogP contribution in [0.3, 0.4) is 0 Å². The van der Waals surface area contributed by atoms with E-state index in [1.807, 2.05) is 0 Å². The monoisotopic (exact) mass is 723 g/mol. The van der Waals surface area contributed by atoms with Gasteiger partial charge in [-0.25, -0.2) is 4.57 Å². The summed E-state index contributed by atoms with van der Waals surface area (Å²) in [6.45, 7) is 2.20. The molecular weight excluding hydrogens is 647 g/mol. The molecular formula is C38H75O10P. The Balaban J connectivity index is 3.89. The van der Waals surface area contributed by atoms with Gasteiger partial charge in [0.2, 0.25) is 0 Å². The van der Waals surface area contributed by atoms with Crippen molar-refractivity contribution in [1.29, 1.82) is 0 Å². The largest absolute Gasteiger partial charge is 0.472 e. The summed E-state index contributed by atoms with van der Waals surface area (Å²) < 4.78 is 32.4. The van der Waals surface area contributed by atoms with E-state index in [9.17, 15) is 29.3 Å². The van der Waals surface area contributed by atoms with Crippen molar-refractivity contribution >= 4 is 19.8 Å². The highest BCUT2D eigenvalue weighted by Gasteiger charge is 2.27. The summed E-state index contributed by atoms with van der Waals surface area (Å²) in [7, 11) is -4.62. The van der Waals surface area contributed by atoms with Gasteiger partial charge in [-0.2, -0.15) is 0 Å². The number of esters is 2.